The van der Waals surface area contributed by atoms with E-state index in [4.69, 9.17) is 41.8 Å². The third-order valence-corrected chi connectivity index (χ3v) is 13.6. The van der Waals surface area contributed by atoms with Gasteiger partial charge in [0.1, 0.15) is 11.3 Å². The van der Waals surface area contributed by atoms with E-state index in [0.29, 0.717) is 55.7 Å². The third kappa shape index (κ3) is 6.08. The highest BCUT2D eigenvalue weighted by atomic mass is 35.5. The van der Waals surface area contributed by atoms with Crippen LogP contribution in [0.25, 0.3) is 22.6 Å². The number of methoxy groups -OCH3 is 3. The first-order chi connectivity index (χ1) is 30.5. The highest BCUT2D eigenvalue weighted by molar-refractivity contribution is 6.36. The van der Waals surface area contributed by atoms with Crippen molar-refractivity contribution in [2.75, 3.05) is 31.7 Å². The second kappa shape index (κ2) is 15.2. The predicted molar refractivity (Wildman–Crippen MR) is 234 cm³/mol. The van der Waals surface area contributed by atoms with Crippen LogP contribution in [0.15, 0.2) is 119 Å². The van der Waals surface area contributed by atoms with Gasteiger partial charge in [-0.2, -0.15) is 5.01 Å². The summed E-state index contributed by atoms with van der Waals surface area (Å²) in [6, 6.07) is 29.2. The lowest BCUT2D eigenvalue weighted by Crippen LogP contribution is -2.53. The Balaban J connectivity index is 1.11. The standard InChI is InChI=1S/C48H38Cl2N4O9/c1-60-29-15-10-26(11-16-29)48-33(45(57)54(47(48)59)52-35-19-12-27(49)22-34(35)50)23-32-30(41(48)25-20-38(61-2)42(55)39(21-25)62-3)17-18-31-40(32)46(58)53(44(31)56)28-13-8-24(9-14-28)43-51-36-6-4-5-7-37(36)63-43/h4-17,19-22,31-33,40-41,52,55H,18,23H2,1-3H3. The normalized spacial score (nSPS) is 24.0. The van der Waals surface area contributed by atoms with Crippen molar-refractivity contribution in [1.82, 2.24) is 9.99 Å². The number of allylic oxidation sites excluding steroid dienone is 2. The molecule has 1 aromatic heterocycles. The first-order valence-electron chi connectivity index (χ1n) is 20.2. The summed E-state index contributed by atoms with van der Waals surface area (Å²) in [5, 5.41) is 12.7. The second-order valence-electron chi connectivity index (χ2n) is 16.0. The number of carbonyl (C=O) groups is 4. The number of anilines is 2. The summed E-state index contributed by atoms with van der Waals surface area (Å²) in [6.07, 6.45) is 2.18. The number of para-hydroxylation sites is 2. The molecule has 4 aliphatic rings. The molecule has 2 aliphatic carbocycles. The fourth-order valence-corrected chi connectivity index (χ4v) is 10.8. The minimum Gasteiger partial charge on any atom is -0.502 e. The Morgan fingerprint density at radius 2 is 1.52 bits per heavy atom. The molecule has 2 N–H and O–H groups in total. The number of aromatic hydroxyl groups is 1. The van der Waals surface area contributed by atoms with Crippen molar-refractivity contribution in [1.29, 1.82) is 0 Å². The Morgan fingerprint density at radius 1 is 0.810 bits per heavy atom. The molecule has 10 rings (SSSR count). The molecule has 15 heteroatoms. The molecule has 6 unspecified atom stereocenters. The number of nitrogens with one attached hydrogen (secondary N) is 1. The van der Waals surface area contributed by atoms with Gasteiger partial charge in [-0.05, 0) is 109 Å². The van der Waals surface area contributed by atoms with Gasteiger partial charge in [0.05, 0.1) is 60.9 Å². The van der Waals surface area contributed by atoms with Crippen LogP contribution in [0.5, 0.6) is 23.0 Å². The number of ether oxygens (including phenoxy) is 3. The average molecular weight is 886 g/mol. The van der Waals surface area contributed by atoms with Gasteiger partial charge in [0.25, 0.3) is 11.8 Å². The van der Waals surface area contributed by atoms with Crippen LogP contribution in [0.4, 0.5) is 11.4 Å². The van der Waals surface area contributed by atoms with E-state index < -0.39 is 52.7 Å². The number of halogens is 2. The second-order valence-corrected chi connectivity index (χ2v) is 16.9. The maximum absolute atomic E-state index is 15.7. The Labute approximate surface area is 370 Å². The molecule has 1 saturated carbocycles. The smallest absolute Gasteiger partial charge is 0.260 e. The molecule has 5 aromatic carbocycles. The molecule has 4 amide bonds. The van der Waals surface area contributed by atoms with Crippen LogP contribution in [0, 0.1) is 23.7 Å². The number of nitrogens with zero attached hydrogens (tertiary/aromatic N) is 3. The third-order valence-electron chi connectivity index (χ3n) is 13.1. The van der Waals surface area contributed by atoms with Crippen LogP contribution >= 0.6 is 23.2 Å². The van der Waals surface area contributed by atoms with Crippen molar-refractivity contribution < 1.29 is 42.9 Å². The van der Waals surface area contributed by atoms with Gasteiger partial charge >= 0.3 is 0 Å². The van der Waals surface area contributed by atoms with Gasteiger partial charge in [-0.15, -0.1) is 0 Å². The van der Waals surface area contributed by atoms with Crippen molar-refractivity contribution in [2.24, 2.45) is 23.7 Å². The number of benzene rings is 5. The highest BCUT2D eigenvalue weighted by Crippen LogP contribution is 2.65. The van der Waals surface area contributed by atoms with Crippen LogP contribution in [-0.2, 0) is 24.6 Å². The van der Waals surface area contributed by atoms with Crippen molar-refractivity contribution in [3.8, 4) is 34.5 Å². The summed E-state index contributed by atoms with van der Waals surface area (Å²) in [7, 11) is 4.33. The number of oxazole rings is 1. The topological polar surface area (TPSA) is 161 Å². The number of fused-ring (bicyclic) bond motifs is 5. The number of phenolic OH excluding ortho intramolecular Hbond substituents is 1. The SMILES string of the molecule is COc1ccc(C23C(=O)N(Nc4ccc(Cl)cc4Cl)C(=O)C2CC2C(=CCC4C(=O)N(c5ccc(-c6nc7ccccc7o6)cc5)C(=O)C42)C3c2cc(OC)c(O)c(OC)c2)cc1. The Bertz CT molecular complexity index is 2860. The van der Waals surface area contributed by atoms with E-state index in [1.165, 1.54) is 32.3 Å². The molecular formula is C48H38Cl2N4O9. The van der Waals surface area contributed by atoms with Gasteiger partial charge in [0.15, 0.2) is 17.1 Å². The molecule has 6 atom stereocenters. The molecule has 2 aliphatic heterocycles. The lowest BCUT2D eigenvalue weighted by molar-refractivity contribution is -0.138. The first kappa shape index (κ1) is 40.3. The van der Waals surface area contributed by atoms with E-state index in [1.807, 2.05) is 30.3 Å². The minimum atomic E-state index is -1.65. The summed E-state index contributed by atoms with van der Waals surface area (Å²) in [6.45, 7) is 0. The van der Waals surface area contributed by atoms with E-state index in [0.717, 1.165) is 5.01 Å². The molecule has 6 aromatic rings. The highest BCUT2D eigenvalue weighted by Gasteiger charge is 2.70. The number of rotatable bonds is 9. The number of hydrazine groups is 1. The van der Waals surface area contributed by atoms with E-state index in [-0.39, 0.29) is 46.7 Å². The van der Waals surface area contributed by atoms with Crippen LogP contribution in [0.3, 0.4) is 0 Å². The zero-order valence-corrected chi connectivity index (χ0v) is 35.5. The minimum absolute atomic E-state index is 0.0442. The van der Waals surface area contributed by atoms with Crippen molar-refractivity contribution in [3.05, 3.63) is 136 Å². The fraction of sp³-hybridized carbons (Fsp3) is 0.229. The zero-order valence-electron chi connectivity index (χ0n) is 34.0. The average Bonchev–Trinajstić information content (AvgIpc) is 3.91. The maximum atomic E-state index is 15.7. The fourth-order valence-electron chi connectivity index (χ4n) is 10.3. The van der Waals surface area contributed by atoms with E-state index in [9.17, 15) is 14.7 Å². The van der Waals surface area contributed by atoms with E-state index in [2.05, 4.69) is 10.4 Å². The van der Waals surface area contributed by atoms with E-state index in [1.54, 1.807) is 72.8 Å². The van der Waals surface area contributed by atoms with Gasteiger partial charge in [-0.3, -0.25) is 29.5 Å². The number of hydrogen-bond donors (Lipinski definition) is 2. The Hall–Kier alpha value is -6.83. The summed E-state index contributed by atoms with van der Waals surface area (Å²) < 4.78 is 22.8. The summed E-state index contributed by atoms with van der Waals surface area (Å²) in [4.78, 5) is 66.1. The molecule has 0 bridgehead atoms. The first-order valence-corrected chi connectivity index (χ1v) is 21.0. The number of carbonyl (C=O) groups excluding carboxylic acids is 4. The summed E-state index contributed by atoms with van der Waals surface area (Å²) in [5.41, 5.74) is 5.69. The summed E-state index contributed by atoms with van der Waals surface area (Å²) >= 11 is 12.8. The zero-order chi connectivity index (χ0) is 43.9. The van der Waals surface area contributed by atoms with Gasteiger partial charge in [-0.25, -0.2) is 4.98 Å². The van der Waals surface area contributed by atoms with Gasteiger partial charge < -0.3 is 23.7 Å². The lowest BCUT2D eigenvalue weighted by Gasteiger charge is -2.50. The lowest BCUT2D eigenvalue weighted by atomic mass is 9.49. The number of phenols is 1. The molecule has 3 fully saturated rings. The van der Waals surface area contributed by atoms with Crippen molar-refractivity contribution in [3.63, 3.8) is 0 Å². The monoisotopic (exact) mass is 884 g/mol. The Kier molecular flexibility index (Phi) is 9.72. The number of amides is 4. The van der Waals surface area contributed by atoms with Crippen LogP contribution in [0.2, 0.25) is 10.0 Å². The molecule has 13 nitrogen and oxygen atoms in total. The summed E-state index contributed by atoms with van der Waals surface area (Å²) in [5.74, 6) is -5.42. The Morgan fingerprint density at radius 3 is 2.19 bits per heavy atom. The van der Waals surface area contributed by atoms with Crippen molar-refractivity contribution in [2.45, 2.75) is 24.2 Å². The van der Waals surface area contributed by atoms with Crippen LogP contribution in [0.1, 0.15) is 29.9 Å². The molecule has 3 heterocycles. The molecule has 0 spiro atoms. The molecular weight excluding hydrogens is 847 g/mol. The van der Waals surface area contributed by atoms with Crippen LogP contribution in [-0.4, -0.2) is 60.1 Å². The molecule has 2 saturated heterocycles. The largest absolute Gasteiger partial charge is 0.502 e. The van der Waals surface area contributed by atoms with Gasteiger partial charge in [0.2, 0.25) is 23.5 Å². The quantitative estimate of drug-likeness (QED) is 0.106. The molecule has 0 radical (unpaired) electrons. The molecule has 318 valence electrons. The predicted octanol–water partition coefficient (Wildman–Crippen LogP) is 8.72. The number of hydrogen-bond acceptors (Lipinski definition) is 11. The number of aromatic nitrogens is 1. The molecule has 63 heavy (non-hydrogen) atoms. The van der Waals surface area contributed by atoms with E-state index >= 15 is 9.59 Å². The number of imide groups is 2. The van der Waals surface area contributed by atoms with Crippen LogP contribution < -0.4 is 24.5 Å². The van der Waals surface area contributed by atoms with Gasteiger partial charge in [-0.1, -0.05) is 59.1 Å². The van der Waals surface area contributed by atoms with Crippen molar-refractivity contribution >= 4 is 69.3 Å². The van der Waals surface area contributed by atoms with Gasteiger partial charge in [0, 0.05) is 16.5 Å². The maximum Gasteiger partial charge on any atom is 0.260 e.